The van der Waals surface area contributed by atoms with Crippen LogP contribution in [0.25, 0.3) is 33.4 Å². The van der Waals surface area contributed by atoms with Crippen LogP contribution in [0.1, 0.15) is 138 Å². The molecule has 6 bridgehead atoms. The van der Waals surface area contributed by atoms with Crippen LogP contribution in [0.15, 0.2) is 35.8 Å². The van der Waals surface area contributed by atoms with Gasteiger partial charge >= 0.3 is 5.97 Å². The minimum absolute atomic E-state index is 0.0433. The molecule has 8 aliphatic rings. The minimum Gasteiger partial charge on any atom is -0.464 e. The molecule has 17 nitrogen and oxygen atoms in total. The van der Waals surface area contributed by atoms with Gasteiger partial charge in [-0.3, -0.25) is 29.3 Å². The number of carbonyl (C=O) groups excluding carboxylic acids is 3. The first-order chi connectivity index (χ1) is 36.8. The van der Waals surface area contributed by atoms with Gasteiger partial charge in [-0.15, -0.1) is 11.3 Å². The maximum absolute atomic E-state index is 15.2. The van der Waals surface area contributed by atoms with Gasteiger partial charge in [0.15, 0.2) is 0 Å². The Hall–Kier alpha value is -4.37. The fourth-order valence-electron chi connectivity index (χ4n) is 13.2. The van der Waals surface area contributed by atoms with E-state index in [2.05, 4.69) is 81.7 Å². The smallest absolute Gasteiger partial charge is 0.324 e. The molecule has 76 heavy (non-hydrogen) atoms. The molecule has 1 saturated carbocycles. The van der Waals surface area contributed by atoms with E-state index in [1.807, 2.05) is 6.92 Å². The van der Waals surface area contributed by atoms with E-state index >= 15 is 4.79 Å². The van der Waals surface area contributed by atoms with Crippen LogP contribution in [0.2, 0.25) is 0 Å². The van der Waals surface area contributed by atoms with E-state index in [1.165, 1.54) is 34.8 Å². The number of pyridine rings is 1. The van der Waals surface area contributed by atoms with Crippen LogP contribution >= 0.6 is 11.3 Å². The molecule has 1 spiro atoms. The molecule has 6 atom stereocenters. The van der Waals surface area contributed by atoms with E-state index in [0.29, 0.717) is 89.2 Å². The second kappa shape index (κ2) is 21.7. The van der Waals surface area contributed by atoms with Crippen LogP contribution in [0.4, 0.5) is 0 Å². The number of hydrogen-bond acceptors (Lipinski definition) is 15. The number of methoxy groups -OCH3 is 1. The Bertz CT molecular complexity index is 2760. The molecule has 0 radical (unpaired) electrons. The van der Waals surface area contributed by atoms with Crippen molar-refractivity contribution in [1.82, 2.24) is 40.1 Å². The number of cyclic esters (lactones) is 1. The molecule has 3 aromatic heterocycles. The number of likely N-dealkylation sites (tertiary alicyclic amines) is 2. The quantitative estimate of drug-likeness (QED) is 0.136. The molecular formula is C58H78N8O9S. The summed E-state index contributed by atoms with van der Waals surface area (Å²) < 4.78 is 39.5. The molecule has 18 heteroatoms. The molecule has 10 heterocycles. The van der Waals surface area contributed by atoms with Crippen molar-refractivity contribution in [3.63, 3.8) is 0 Å². The standard InChI is InChI=1S/C58H78N8O9S/c1-35-26-48(75-35)53(67)61-50-52(64-32-58(33-64)17-7-22-74-58)54-60-46(31-76-54)38-9-12-47-42(27-38)44(29-57(3,4)34-73-56(69)45-8-6-18-66(62-45)55(50)68)51(65(47)21-25-72-41-15-23-71-24-16-41)43-28-39(30-59-49(43)36(2)70-5)37-13-19-63(20-14-37)40-10-11-40/h9,12,27-28,30-31,35-37,40-41,45,48,50,52,62H,6-8,10-11,13-26,29,32-34H2,1-5H3,(H,61,67)/t35-,36+,45+,48-,50+,52+/m1/s1. The maximum Gasteiger partial charge on any atom is 0.324 e. The molecule has 1 aromatic carbocycles. The molecule has 1 aliphatic carbocycles. The summed E-state index contributed by atoms with van der Waals surface area (Å²) in [6.07, 6.45) is 11.9. The summed E-state index contributed by atoms with van der Waals surface area (Å²) in [5.74, 6) is -0.690. The SMILES string of the molecule is CO[C@@H](C)c1ncc(C2CCN(C3CC3)CC2)cc1-c1c2c3cc(ccc3n1CCOC1CCOCC1)-c1csc(n1)[C@@H](N1CC3(CCCO3)C1)[C@H](NC(=O)[C@H]1C[C@@H](C)O1)C(=O)N1CCC[C@H](N1)C(=O)OCC(C)(C)C2. The average molecular weight is 1060 g/mol. The van der Waals surface area contributed by atoms with E-state index in [-0.39, 0.29) is 42.3 Å². The monoisotopic (exact) mass is 1060 g/mol. The Kier molecular flexibility index (Phi) is 14.9. The molecular weight excluding hydrogens is 985 g/mol. The fourth-order valence-corrected chi connectivity index (χ4v) is 14.2. The number of amides is 2. The Labute approximate surface area is 451 Å². The van der Waals surface area contributed by atoms with Gasteiger partial charge in [-0.2, -0.15) is 0 Å². The number of piperidine rings is 1. The molecule has 2 N–H and O–H groups in total. The number of aromatic nitrogens is 3. The lowest BCUT2D eigenvalue weighted by Crippen LogP contribution is -2.68. The van der Waals surface area contributed by atoms with Gasteiger partial charge in [0, 0.05) is 105 Å². The van der Waals surface area contributed by atoms with E-state index in [4.69, 9.17) is 38.4 Å². The van der Waals surface area contributed by atoms with Crippen LogP contribution in [0.3, 0.4) is 0 Å². The highest BCUT2D eigenvalue weighted by atomic mass is 32.1. The first-order valence-electron chi connectivity index (χ1n) is 28.5. The summed E-state index contributed by atoms with van der Waals surface area (Å²) in [6.45, 7) is 15.5. The summed E-state index contributed by atoms with van der Waals surface area (Å²) in [5, 5.41) is 8.59. The van der Waals surface area contributed by atoms with E-state index in [0.717, 1.165) is 102 Å². The number of carbonyl (C=O) groups is 3. The van der Waals surface area contributed by atoms with E-state index in [1.54, 1.807) is 7.11 Å². The normalized spacial score (nSPS) is 28.2. The fraction of sp³-hybridized carbons (Fsp3) is 0.672. The third-order valence-corrected chi connectivity index (χ3v) is 18.7. The van der Waals surface area contributed by atoms with Crippen LogP contribution in [-0.2, 0) is 55.8 Å². The maximum atomic E-state index is 15.2. The van der Waals surface area contributed by atoms with Gasteiger partial charge in [-0.05, 0) is 133 Å². The third kappa shape index (κ3) is 10.6. The van der Waals surface area contributed by atoms with Crippen molar-refractivity contribution in [2.24, 2.45) is 5.41 Å². The van der Waals surface area contributed by atoms with Crippen molar-refractivity contribution in [2.45, 2.75) is 171 Å². The zero-order chi connectivity index (χ0) is 52.3. The first-order valence-corrected chi connectivity index (χ1v) is 29.4. The lowest BCUT2D eigenvalue weighted by Gasteiger charge is -2.52. The van der Waals surface area contributed by atoms with Crippen LogP contribution in [0, 0.1) is 5.41 Å². The predicted molar refractivity (Wildman–Crippen MR) is 287 cm³/mol. The van der Waals surface area contributed by atoms with Crippen molar-refractivity contribution in [1.29, 1.82) is 0 Å². The van der Waals surface area contributed by atoms with Crippen molar-refractivity contribution < 1.29 is 42.8 Å². The van der Waals surface area contributed by atoms with Crippen molar-refractivity contribution >= 4 is 40.0 Å². The highest BCUT2D eigenvalue weighted by molar-refractivity contribution is 7.10. The number of benzene rings is 1. The van der Waals surface area contributed by atoms with Crippen molar-refractivity contribution in [3.8, 4) is 22.5 Å². The highest BCUT2D eigenvalue weighted by Gasteiger charge is 2.53. The third-order valence-electron chi connectivity index (χ3n) is 17.7. The van der Waals surface area contributed by atoms with Crippen molar-refractivity contribution in [3.05, 3.63) is 57.7 Å². The number of hydrogen-bond donors (Lipinski definition) is 2. The van der Waals surface area contributed by atoms with Gasteiger partial charge in [0.1, 0.15) is 23.2 Å². The predicted octanol–water partition coefficient (Wildman–Crippen LogP) is 7.26. The van der Waals surface area contributed by atoms with Crippen LogP contribution in [-0.4, -0.2) is 162 Å². The molecule has 2 amide bonds. The van der Waals surface area contributed by atoms with Gasteiger partial charge < -0.3 is 43.2 Å². The van der Waals surface area contributed by atoms with Gasteiger partial charge in [0.05, 0.1) is 60.3 Å². The highest BCUT2D eigenvalue weighted by Crippen LogP contribution is 2.46. The Morgan fingerprint density at radius 3 is 2.54 bits per heavy atom. The number of ether oxygens (including phenoxy) is 6. The number of esters is 1. The van der Waals surface area contributed by atoms with Gasteiger partial charge in [-0.1, -0.05) is 19.9 Å². The zero-order valence-electron chi connectivity index (χ0n) is 45.2. The number of thiazole rings is 1. The Morgan fingerprint density at radius 1 is 1.00 bits per heavy atom. The van der Waals surface area contributed by atoms with E-state index in [9.17, 15) is 9.59 Å². The van der Waals surface area contributed by atoms with Crippen LogP contribution in [0.5, 0.6) is 0 Å². The lowest BCUT2D eigenvalue weighted by molar-refractivity contribution is -0.167. The summed E-state index contributed by atoms with van der Waals surface area (Å²) in [7, 11) is 1.75. The van der Waals surface area contributed by atoms with Gasteiger partial charge in [0.2, 0.25) is 5.91 Å². The number of nitrogens with one attached hydrogen (secondary N) is 2. The first kappa shape index (κ1) is 52.3. The van der Waals surface area contributed by atoms with Gasteiger partial charge in [0.25, 0.3) is 5.91 Å². The summed E-state index contributed by atoms with van der Waals surface area (Å²) in [6, 6.07) is 7.39. The summed E-state index contributed by atoms with van der Waals surface area (Å²) >= 11 is 1.50. The van der Waals surface area contributed by atoms with Gasteiger partial charge in [-0.25, -0.2) is 10.4 Å². The molecule has 410 valence electrons. The molecule has 12 rings (SSSR count). The second-order valence-corrected chi connectivity index (χ2v) is 24.9. The zero-order valence-corrected chi connectivity index (χ0v) is 46.0. The molecule has 6 saturated heterocycles. The molecule has 0 unspecified atom stereocenters. The Balaban J connectivity index is 1.00. The largest absolute Gasteiger partial charge is 0.464 e. The molecule has 4 aromatic rings. The Morgan fingerprint density at radius 2 is 1.80 bits per heavy atom. The average Bonchev–Trinajstić information content (AvgIpc) is 3.91. The second-order valence-electron chi connectivity index (χ2n) is 24.0. The van der Waals surface area contributed by atoms with E-state index < -0.39 is 35.6 Å². The minimum atomic E-state index is -1.04. The number of rotatable bonds is 12. The molecule has 7 fully saturated rings. The lowest BCUT2D eigenvalue weighted by atomic mass is 9.83. The summed E-state index contributed by atoms with van der Waals surface area (Å²) in [5.41, 5.74) is 10.6. The number of fused-ring (bicyclic) bond motifs is 6. The molecule has 7 aliphatic heterocycles. The number of nitrogens with zero attached hydrogens (tertiary/aromatic N) is 6. The van der Waals surface area contributed by atoms with Crippen LogP contribution < -0.4 is 10.7 Å². The topological polar surface area (TPSA) is 171 Å². The number of hydrazine groups is 1. The van der Waals surface area contributed by atoms with Crippen molar-refractivity contribution in [2.75, 3.05) is 72.9 Å². The summed E-state index contributed by atoms with van der Waals surface area (Å²) in [4.78, 5) is 59.4.